The molecule has 0 aromatic carbocycles. The molecule has 0 amide bonds. The average molecular weight is 241 g/mol. The number of thioether (sulfide) groups is 1. The molecule has 0 aliphatic rings. The van der Waals surface area contributed by atoms with Crippen LogP contribution in [0.3, 0.4) is 0 Å². The highest BCUT2D eigenvalue weighted by Gasteiger charge is 2.08. The first-order valence-corrected chi connectivity index (χ1v) is 6.77. The highest BCUT2D eigenvalue weighted by Crippen LogP contribution is 2.21. The predicted octanol–water partition coefficient (Wildman–Crippen LogP) is 2.66. The lowest BCUT2D eigenvalue weighted by Crippen LogP contribution is -2.03. The fraction of sp³-hybridized carbons (Fsp3) is 0.583. The Balaban J connectivity index is 2.53. The maximum Gasteiger partial charge on any atom is 0.137 e. The summed E-state index contributed by atoms with van der Waals surface area (Å²) in [5.41, 5.74) is 0.828. The first kappa shape index (κ1) is 13.3. The number of hydrogen-bond donors (Lipinski definition) is 1. The SMILES string of the molecule is CCCSCC(O)c1cncc(OCC)c1. The van der Waals surface area contributed by atoms with E-state index in [0.29, 0.717) is 12.4 Å². The van der Waals surface area contributed by atoms with Crippen molar-refractivity contribution in [1.29, 1.82) is 0 Å². The van der Waals surface area contributed by atoms with Crippen LogP contribution >= 0.6 is 11.8 Å². The summed E-state index contributed by atoms with van der Waals surface area (Å²) in [4.78, 5) is 4.06. The molecule has 1 aromatic heterocycles. The van der Waals surface area contributed by atoms with E-state index in [1.165, 1.54) is 0 Å². The van der Waals surface area contributed by atoms with Gasteiger partial charge in [-0.25, -0.2) is 0 Å². The third-order valence-electron chi connectivity index (χ3n) is 2.05. The highest BCUT2D eigenvalue weighted by atomic mass is 32.2. The summed E-state index contributed by atoms with van der Waals surface area (Å²) in [5, 5.41) is 9.92. The number of rotatable bonds is 7. The summed E-state index contributed by atoms with van der Waals surface area (Å²) in [6.07, 6.45) is 4.04. The predicted molar refractivity (Wildman–Crippen MR) is 68.0 cm³/mol. The van der Waals surface area contributed by atoms with E-state index in [1.807, 2.05) is 13.0 Å². The molecular formula is C12H19NO2S. The molecule has 0 aliphatic carbocycles. The Hall–Kier alpha value is -0.740. The number of pyridine rings is 1. The molecule has 90 valence electrons. The van der Waals surface area contributed by atoms with Crippen LogP contribution in [0.2, 0.25) is 0 Å². The molecule has 0 saturated carbocycles. The molecule has 1 heterocycles. The number of nitrogens with zero attached hydrogens (tertiary/aromatic N) is 1. The summed E-state index contributed by atoms with van der Waals surface area (Å²) in [6.45, 7) is 4.68. The number of aromatic nitrogens is 1. The van der Waals surface area contributed by atoms with Crippen molar-refractivity contribution in [1.82, 2.24) is 4.98 Å². The Kier molecular flexibility index (Phi) is 6.26. The van der Waals surface area contributed by atoms with Gasteiger partial charge in [-0.15, -0.1) is 0 Å². The number of ether oxygens (including phenoxy) is 1. The van der Waals surface area contributed by atoms with Crippen LogP contribution in [0.4, 0.5) is 0 Å². The molecule has 0 spiro atoms. The van der Waals surface area contributed by atoms with Gasteiger partial charge in [0.05, 0.1) is 18.9 Å². The smallest absolute Gasteiger partial charge is 0.137 e. The lowest BCUT2D eigenvalue weighted by Gasteiger charge is -2.11. The zero-order valence-corrected chi connectivity index (χ0v) is 10.7. The molecule has 4 heteroatoms. The molecule has 1 N–H and O–H groups in total. The Labute approximate surface area is 101 Å². The van der Waals surface area contributed by atoms with Gasteiger partial charge in [-0.05, 0) is 25.2 Å². The van der Waals surface area contributed by atoms with E-state index in [2.05, 4.69) is 11.9 Å². The molecule has 0 saturated heterocycles. The molecule has 1 rings (SSSR count). The van der Waals surface area contributed by atoms with Crippen molar-refractivity contribution in [2.24, 2.45) is 0 Å². The maximum absolute atomic E-state index is 9.92. The molecule has 1 aromatic rings. The van der Waals surface area contributed by atoms with Crippen molar-refractivity contribution in [3.8, 4) is 5.75 Å². The van der Waals surface area contributed by atoms with Crippen LogP contribution in [0.1, 0.15) is 31.9 Å². The Morgan fingerprint density at radius 1 is 1.44 bits per heavy atom. The molecule has 0 aliphatic heterocycles. The molecule has 0 fully saturated rings. The van der Waals surface area contributed by atoms with Gasteiger partial charge >= 0.3 is 0 Å². The third kappa shape index (κ3) is 4.41. The van der Waals surface area contributed by atoms with Gasteiger partial charge in [0.1, 0.15) is 5.75 Å². The highest BCUT2D eigenvalue weighted by molar-refractivity contribution is 7.99. The van der Waals surface area contributed by atoms with Gasteiger partial charge in [0.25, 0.3) is 0 Å². The zero-order chi connectivity index (χ0) is 11.8. The van der Waals surface area contributed by atoms with E-state index < -0.39 is 6.10 Å². The molecular weight excluding hydrogens is 222 g/mol. The average Bonchev–Trinajstić information content (AvgIpc) is 2.30. The normalized spacial score (nSPS) is 12.4. The summed E-state index contributed by atoms with van der Waals surface area (Å²) in [7, 11) is 0. The van der Waals surface area contributed by atoms with Crippen LogP contribution < -0.4 is 4.74 Å². The largest absolute Gasteiger partial charge is 0.492 e. The zero-order valence-electron chi connectivity index (χ0n) is 9.85. The molecule has 1 atom stereocenters. The van der Waals surface area contributed by atoms with Crippen LogP contribution in [0.5, 0.6) is 5.75 Å². The van der Waals surface area contributed by atoms with E-state index in [9.17, 15) is 5.11 Å². The van der Waals surface area contributed by atoms with E-state index in [4.69, 9.17) is 4.74 Å². The lowest BCUT2D eigenvalue weighted by molar-refractivity contribution is 0.203. The minimum absolute atomic E-state index is 0.454. The lowest BCUT2D eigenvalue weighted by atomic mass is 10.2. The van der Waals surface area contributed by atoms with Crippen LogP contribution in [0.25, 0.3) is 0 Å². The van der Waals surface area contributed by atoms with Gasteiger partial charge in [0.2, 0.25) is 0 Å². The number of aliphatic hydroxyl groups is 1. The second-order valence-electron chi connectivity index (χ2n) is 3.48. The first-order valence-electron chi connectivity index (χ1n) is 5.61. The number of hydrogen-bond acceptors (Lipinski definition) is 4. The molecule has 0 radical (unpaired) electrons. The minimum atomic E-state index is -0.454. The van der Waals surface area contributed by atoms with Gasteiger partial charge in [0.15, 0.2) is 0 Å². The van der Waals surface area contributed by atoms with Crippen LogP contribution in [0.15, 0.2) is 18.5 Å². The fourth-order valence-electron chi connectivity index (χ4n) is 1.30. The fourth-order valence-corrected chi connectivity index (χ4v) is 2.17. The van der Waals surface area contributed by atoms with Crippen molar-refractivity contribution in [2.75, 3.05) is 18.1 Å². The monoisotopic (exact) mass is 241 g/mol. The summed E-state index contributed by atoms with van der Waals surface area (Å²) < 4.78 is 5.34. The standard InChI is InChI=1S/C12H19NO2S/c1-3-5-16-9-12(14)10-6-11(15-4-2)8-13-7-10/h6-8,12,14H,3-5,9H2,1-2H3. The van der Waals surface area contributed by atoms with Gasteiger partial charge < -0.3 is 9.84 Å². The van der Waals surface area contributed by atoms with Gasteiger partial charge in [-0.3, -0.25) is 4.98 Å². The third-order valence-corrected chi connectivity index (χ3v) is 3.30. The first-order chi connectivity index (χ1) is 7.77. The van der Waals surface area contributed by atoms with Gasteiger partial charge in [0, 0.05) is 17.5 Å². The van der Waals surface area contributed by atoms with E-state index in [0.717, 1.165) is 23.5 Å². The van der Waals surface area contributed by atoms with Gasteiger partial charge in [-0.2, -0.15) is 11.8 Å². The number of aliphatic hydroxyl groups excluding tert-OH is 1. The Morgan fingerprint density at radius 2 is 2.25 bits per heavy atom. The second kappa shape index (κ2) is 7.52. The molecule has 3 nitrogen and oxygen atoms in total. The van der Waals surface area contributed by atoms with Crippen molar-refractivity contribution >= 4 is 11.8 Å². The summed E-state index contributed by atoms with van der Waals surface area (Å²) in [6, 6.07) is 1.85. The second-order valence-corrected chi connectivity index (χ2v) is 4.63. The van der Waals surface area contributed by atoms with Crippen molar-refractivity contribution < 1.29 is 9.84 Å². The van der Waals surface area contributed by atoms with Crippen molar-refractivity contribution in [3.63, 3.8) is 0 Å². The van der Waals surface area contributed by atoms with Crippen LogP contribution in [0, 0.1) is 0 Å². The minimum Gasteiger partial charge on any atom is -0.492 e. The van der Waals surface area contributed by atoms with E-state index in [-0.39, 0.29) is 0 Å². The van der Waals surface area contributed by atoms with Crippen molar-refractivity contribution in [3.05, 3.63) is 24.0 Å². The molecule has 16 heavy (non-hydrogen) atoms. The Morgan fingerprint density at radius 3 is 2.94 bits per heavy atom. The van der Waals surface area contributed by atoms with Gasteiger partial charge in [-0.1, -0.05) is 6.92 Å². The van der Waals surface area contributed by atoms with Crippen molar-refractivity contribution in [2.45, 2.75) is 26.4 Å². The Bertz CT molecular complexity index is 307. The van der Waals surface area contributed by atoms with E-state index >= 15 is 0 Å². The quantitative estimate of drug-likeness (QED) is 0.745. The van der Waals surface area contributed by atoms with Crippen LogP contribution in [-0.2, 0) is 0 Å². The van der Waals surface area contributed by atoms with Crippen LogP contribution in [-0.4, -0.2) is 28.2 Å². The molecule has 1 unspecified atom stereocenters. The summed E-state index contributed by atoms with van der Waals surface area (Å²) >= 11 is 1.76. The molecule has 0 bridgehead atoms. The van der Waals surface area contributed by atoms with E-state index in [1.54, 1.807) is 24.2 Å². The topological polar surface area (TPSA) is 42.4 Å². The summed E-state index contributed by atoms with van der Waals surface area (Å²) in [5.74, 6) is 2.51. The maximum atomic E-state index is 9.92.